The zero-order valence-corrected chi connectivity index (χ0v) is 21.1. The molecule has 4 rings (SSSR count). The first kappa shape index (κ1) is 25.4. The molecule has 190 valence electrons. The van der Waals surface area contributed by atoms with Gasteiger partial charge in [-0.25, -0.2) is 13.4 Å². The molecule has 0 saturated carbocycles. The van der Waals surface area contributed by atoms with E-state index in [0.717, 1.165) is 27.6 Å². The lowest BCUT2D eigenvalue weighted by Crippen LogP contribution is -2.41. The van der Waals surface area contributed by atoms with Crippen LogP contribution >= 0.6 is 0 Å². The number of hydrogen-bond acceptors (Lipinski definition) is 6. The molecule has 1 saturated heterocycles. The van der Waals surface area contributed by atoms with Crippen molar-refractivity contribution in [2.45, 2.75) is 13.5 Å². The molecule has 11 heteroatoms. The summed E-state index contributed by atoms with van der Waals surface area (Å²) in [4.78, 5) is 31.4. The lowest BCUT2D eigenvalue weighted by molar-refractivity contribution is -0.119. The Morgan fingerprint density at radius 1 is 1.08 bits per heavy atom. The molecule has 2 heterocycles. The fourth-order valence-corrected chi connectivity index (χ4v) is 4.88. The summed E-state index contributed by atoms with van der Waals surface area (Å²) >= 11 is 0. The third kappa shape index (κ3) is 5.92. The van der Waals surface area contributed by atoms with E-state index < -0.39 is 15.9 Å². The molecule has 0 atom stereocenters. The maximum atomic E-state index is 12.8. The molecular formula is C25H29N5O5S. The van der Waals surface area contributed by atoms with Crippen LogP contribution in [-0.2, 0) is 26.1 Å². The molecule has 0 aliphatic carbocycles. The number of benzene rings is 2. The molecule has 1 aliphatic rings. The molecule has 1 aliphatic heterocycles. The van der Waals surface area contributed by atoms with Gasteiger partial charge in [0.1, 0.15) is 12.4 Å². The van der Waals surface area contributed by atoms with Gasteiger partial charge in [-0.2, -0.15) is 0 Å². The van der Waals surface area contributed by atoms with E-state index in [9.17, 15) is 18.0 Å². The molecular weight excluding hydrogens is 482 g/mol. The summed E-state index contributed by atoms with van der Waals surface area (Å²) in [5, 5.41) is 2.81. The van der Waals surface area contributed by atoms with Gasteiger partial charge >= 0.3 is 0 Å². The van der Waals surface area contributed by atoms with Crippen molar-refractivity contribution >= 4 is 27.5 Å². The van der Waals surface area contributed by atoms with Gasteiger partial charge in [-0.05, 0) is 42.8 Å². The molecule has 2 amide bonds. The number of para-hydroxylation sites is 1. The molecule has 10 nitrogen and oxygen atoms in total. The zero-order valence-electron chi connectivity index (χ0n) is 20.3. The second kappa shape index (κ2) is 10.9. The van der Waals surface area contributed by atoms with Crippen LogP contribution < -0.4 is 9.62 Å². The van der Waals surface area contributed by atoms with Gasteiger partial charge in [0, 0.05) is 37.6 Å². The first-order chi connectivity index (χ1) is 17.2. The first-order valence-corrected chi connectivity index (χ1v) is 13.4. The van der Waals surface area contributed by atoms with E-state index in [1.54, 1.807) is 35.4 Å². The van der Waals surface area contributed by atoms with E-state index in [1.165, 1.54) is 0 Å². The van der Waals surface area contributed by atoms with E-state index in [0.29, 0.717) is 37.6 Å². The number of nitrogens with one attached hydrogen (secondary N) is 1. The van der Waals surface area contributed by atoms with Crippen LogP contribution in [-0.4, -0.2) is 73.8 Å². The molecule has 1 fully saturated rings. The van der Waals surface area contributed by atoms with Crippen LogP contribution in [0.2, 0.25) is 0 Å². The number of hydrogen-bond donors (Lipinski definition) is 1. The Bertz CT molecular complexity index is 1330. The normalized spacial score (nSPS) is 13.9. The quantitative estimate of drug-likeness (QED) is 0.493. The minimum absolute atomic E-state index is 0.139. The third-order valence-electron chi connectivity index (χ3n) is 5.94. The minimum atomic E-state index is -3.75. The molecule has 1 N–H and O–H groups in total. The highest BCUT2D eigenvalue weighted by molar-refractivity contribution is 7.92. The number of aromatic nitrogens is 2. The van der Waals surface area contributed by atoms with E-state index >= 15 is 0 Å². The van der Waals surface area contributed by atoms with Crippen molar-refractivity contribution in [2.24, 2.45) is 0 Å². The summed E-state index contributed by atoms with van der Waals surface area (Å²) in [5.41, 5.74) is 2.50. The summed E-state index contributed by atoms with van der Waals surface area (Å²) in [6.07, 6.45) is 4.59. The molecule has 3 aromatic rings. The van der Waals surface area contributed by atoms with Crippen molar-refractivity contribution in [3.8, 4) is 5.69 Å². The molecule has 2 aromatic carbocycles. The highest BCUT2D eigenvalue weighted by Crippen LogP contribution is 2.20. The highest BCUT2D eigenvalue weighted by atomic mass is 32.2. The van der Waals surface area contributed by atoms with E-state index in [-0.39, 0.29) is 19.0 Å². The summed E-state index contributed by atoms with van der Waals surface area (Å²) < 4.78 is 33.2. The number of rotatable bonds is 8. The minimum Gasteiger partial charge on any atom is -0.378 e. The summed E-state index contributed by atoms with van der Waals surface area (Å²) in [5.74, 6) is 0.221. The Balaban J connectivity index is 1.44. The number of anilines is 1. The lowest BCUT2D eigenvalue weighted by Gasteiger charge is -2.27. The number of aryl methyl sites for hydroxylation is 1. The fraction of sp³-hybridized carbons (Fsp3) is 0.320. The van der Waals surface area contributed by atoms with Gasteiger partial charge in [-0.3, -0.25) is 13.9 Å². The summed E-state index contributed by atoms with van der Waals surface area (Å²) in [6.45, 7) is 3.73. The Labute approximate surface area is 210 Å². The maximum absolute atomic E-state index is 12.8. The van der Waals surface area contributed by atoms with Crippen molar-refractivity contribution in [3.63, 3.8) is 0 Å². The standard InChI is InChI=1S/C25H29N5O5S/c1-19-26-11-12-29(19)23-6-4-3-5-21(23)17-27-24(31)18-30(36(2,33)34)22-9-7-20(8-10-22)25(32)28-13-15-35-16-14-28/h3-12H,13-18H2,1-2H3,(H,27,31). The topological polar surface area (TPSA) is 114 Å². The fourth-order valence-electron chi connectivity index (χ4n) is 4.03. The van der Waals surface area contributed by atoms with Crippen LogP contribution in [0.3, 0.4) is 0 Å². The number of carbonyl (C=O) groups excluding carboxylic acids is 2. The van der Waals surface area contributed by atoms with Crippen LogP contribution in [0.5, 0.6) is 0 Å². The predicted molar refractivity (Wildman–Crippen MR) is 136 cm³/mol. The molecule has 0 unspecified atom stereocenters. The molecule has 0 radical (unpaired) electrons. The van der Waals surface area contributed by atoms with Gasteiger partial charge in [0.15, 0.2) is 0 Å². The number of imidazole rings is 1. The number of carbonyl (C=O) groups is 2. The van der Waals surface area contributed by atoms with Crippen molar-refractivity contribution in [3.05, 3.63) is 77.9 Å². The van der Waals surface area contributed by atoms with E-state index in [4.69, 9.17) is 4.74 Å². The van der Waals surface area contributed by atoms with Crippen molar-refractivity contribution in [1.82, 2.24) is 19.8 Å². The third-order valence-corrected chi connectivity index (χ3v) is 7.08. The van der Waals surface area contributed by atoms with Crippen molar-refractivity contribution in [1.29, 1.82) is 0 Å². The van der Waals surface area contributed by atoms with Gasteiger partial charge < -0.3 is 19.5 Å². The second-order valence-corrected chi connectivity index (χ2v) is 10.4. The monoisotopic (exact) mass is 511 g/mol. The Morgan fingerprint density at radius 3 is 2.42 bits per heavy atom. The average molecular weight is 512 g/mol. The second-order valence-electron chi connectivity index (χ2n) is 8.47. The van der Waals surface area contributed by atoms with Crippen molar-refractivity contribution in [2.75, 3.05) is 43.4 Å². The number of morpholine rings is 1. The number of sulfonamides is 1. The van der Waals surface area contributed by atoms with Crippen LogP contribution in [0.1, 0.15) is 21.7 Å². The molecule has 0 bridgehead atoms. The van der Waals surface area contributed by atoms with Crippen LogP contribution in [0.25, 0.3) is 5.69 Å². The number of ether oxygens (including phenoxy) is 1. The molecule has 1 aromatic heterocycles. The Morgan fingerprint density at radius 2 is 1.78 bits per heavy atom. The van der Waals surface area contributed by atoms with Crippen LogP contribution in [0, 0.1) is 6.92 Å². The summed E-state index contributed by atoms with van der Waals surface area (Å²) in [7, 11) is -3.75. The van der Waals surface area contributed by atoms with E-state index in [2.05, 4.69) is 10.3 Å². The van der Waals surface area contributed by atoms with Gasteiger partial charge in [-0.15, -0.1) is 0 Å². The van der Waals surface area contributed by atoms with Crippen LogP contribution in [0.15, 0.2) is 60.9 Å². The number of nitrogens with zero attached hydrogens (tertiary/aromatic N) is 4. The Hall–Kier alpha value is -3.70. The van der Waals surface area contributed by atoms with Crippen LogP contribution in [0.4, 0.5) is 5.69 Å². The predicted octanol–water partition coefficient (Wildman–Crippen LogP) is 1.74. The van der Waals surface area contributed by atoms with Gasteiger partial charge in [-0.1, -0.05) is 18.2 Å². The van der Waals surface area contributed by atoms with Gasteiger partial charge in [0.2, 0.25) is 15.9 Å². The maximum Gasteiger partial charge on any atom is 0.254 e. The van der Waals surface area contributed by atoms with E-state index in [1.807, 2.05) is 42.0 Å². The molecule has 36 heavy (non-hydrogen) atoms. The summed E-state index contributed by atoms with van der Waals surface area (Å²) in [6, 6.07) is 13.8. The zero-order chi connectivity index (χ0) is 25.7. The van der Waals surface area contributed by atoms with Crippen molar-refractivity contribution < 1.29 is 22.7 Å². The largest absolute Gasteiger partial charge is 0.378 e. The van der Waals surface area contributed by atoms with Gasteiger partial charge in [0.25, 0.3) is 5.91 Å². The smallest absolute Gasteiger partial charge is 0.254 e. The first-order valence-electron chi connectivity index (χ1n) is 11.5. The highest BCUT2D eigenvalue weighted by Gasteiger charge is 2.23. The molecule has 0 spiro atoms. The number of amides is 2. The SMILES string of the molecule is Cc1nccn1-c1ccccc1CNC(=O)CN(c1ccc(C(=O)N2CCOCC2)cc1)S(C)(=O)=O. The average Bonchev–Trinajstić information content (AvgIpc) is 3.31. The van der Waals surface area contributed by atoms with Gasteiger partial charge in [0.05, 0.1) is 30.8 Å². The lowest BCUT2D eigenvalue weighted by atomic mass is 10.1. The Kier molecular flexibility index (Phi) is 7.70.